The fourth-order valence-electron chi connectivity index (χ4n) is 1.63. The van der Waals surface area contributed by atoms with Gasteiger partial charge in [-0.25, -0.2) is 4.98 Å². The van der Waals surface area contributed by atoms with Crippen molar-refractivity contribution in [3.8, 4) is 11.3 Å². The Kier molecular flexibility index (Phi) is 4.32. The Morgan fingerprint density at radius 1 is 1.24 bits per heavy atom. The molecule has 7 heteroatoms. The van der Waals surface area contributed by atoms with Gasteiger partial charge >= 0.3 is 12.1 Å². The zero-order valence-electron chi connectivity index (χ0n) is 11.4. The Morgan fingerprint density at radius 2 is 1.86 bits per heavy atom. The standard InChI is InChI=1S/C14H13F3N2OS/c1-8(2)11-18-10(9-6-4-3-5-7-9)12(21-11)19-13(20)14(15,16)17/h3-8H,1-2H3,(H,19,20). The monoisotopic (exact) mass is 314 g/mol. The van der Waals surface area contributed by atoms with E-state index in [-0.39, 0.29) is 10.9 Å². The Labute approximate surface area is 123 Å². The largest absolute Gasteiger partial charge is 0.471 e. The van der Waals surface area contributed by atoms with E-state index in [1.54, 1.807) is 30.3 Å². The van der Waals surface area contributed by atoms with Gasteiger partial charge in [-0.2, -0.15) is 13.2 Å². The SMILES string of the molecule is CC(C)c1nc(-c2ccccc2)c(NC(=O)C(F)(F)F)s1. The molecule has 2 aromatic rings. The van der Waals surface area contributed by atoms with Crippen LogP contribution in [0.2, 0.25) is 0 Å². The van der Waals surface area contributed by atoms with Gasteiger partial charge in [0.05, 0.1) is 5.01 Å². The first kappa shape index (κ1) is 15.5. The van der Waals surface area contributed by atoms with Crippen molar-refractivity contribution in [2.75, 3.05) is 5.32 Å². The maximum atomic E-state index is 12.4. The Balaban J connectivity index is 2.42. The second kappa shape index (κ2) is 5.85. The average Bonchev–Trinajstić information content (AvgIpc) is 2.83. The lowest BCUT2D eigenvalue weighted by atomic mass is 10.1. The summed E-state index contributed by atoms with van der Waals surface area (Å²) in [6.07, 6.45) is -4.92. The number of aromatic nitrogens is 1. The molecule has 112 valence electrons. The van der Waals surface area contributed by atoms with Gasteiger partial charge in [0.1, 0.15) is 10.7 Å². The molecule has 0 spiro atoms. The number of hydrogen-bond acceptors (Lipinski definition) is 3. The quantitative estimate of drug-likeness (QED) is 0.910. The minimum atomic E-state index is -4.92. The van der Waals surface area contributed by atoms with Crippen LogP contribution in [0, 0.1) is 0 Å². The minimum Gasteiger partial charge on any atom is -0.308 e. The van der Waals surface area contributed by atoms with Crippen molar-refractivity contribution in [3.63, 3.8) is 0 Å². The second-order valence-electron chi connectivity index (χ2n) is 4.70. The van der Waals surface area contributed by atoms with Gasteiger partial charge < -0.3 is 5.32 Å². The van der Waals surface area contributed by atoms with Crippen LogP contribution in [-0.4, -0.2) is 17.1 Å². The van der Waals surface area contributed by atoms with Crippen LogP contribution < -0.4 is 5.32 Å². The highest BCUT2D eigenvalue weighted by atomic mass is 32.1. The highest BCUT2D eigenvalue weighted by Crippen LogP contribution is 2.36. The molecule has 0 saturated heterocycles. The van der Waals surface area contributed by atoms with E-state index in [0.717, 1.165) is 11.3 Å². The van der Waals surface area contributed by atoms with Crippen molar-refractivity contribution in [1.29, 1.82) is 0 Å². The summed E-state index contributed by atoms with van der Waals surface area (Å²) in [5.74, 6) is -1.92. The average molecular weight is 314 g/mol. The molecule has 1 N–H and O–H groups in total. The first-order valence-electron chi connectivity index (χ1n) is 6.23. The molecule has 1 aromatic carbocycles. The number of rotatable bonds is 3. The maximum absolute atomic E-state index is 12.4. The Bertz CT molecular complexity index is 635. The summed E-state index contributed by atoms with van der Waals surface area (Å²) < 4.78 is 37.2. The maximum Gasteiger partial charge on any atom is 0.471 e. The molecule has 0 fully saturated rings. The molecule has 0 bridgehead atoms. The van der Waals surface area contributed by atoms with Crippen molar-refractivity contribution in [1.82, 2.24) is 4.98 Å². The number of amides is 1. The molecule has 3 nitrogen and oxygen atoms in total. The van der Waals surface area contributed by atoms with Crippen molar-refractivity contribution in [2.24, 2.45) is 0 Å². The van der Waals surface area contributed by atoms with E-state index in [0.29, 0.717) is 16.3 Å². The summed E-state index contributed by atoms with van der Waals surface area (Å²) in [5.41, 5.74) is 1.03. The molecular formula is C14H13F3N2OS. The van der Waals surface area contributed by atoms with Crippen LogP contribution in [0.15, 0.2) is 30.3 Å². The molecule has 1 amide bonds. The van der Waals surface area contributed by atoms with Crippen LogP contribution in [0.5, 0.6) is 0 Å². The second-order valence-corrected chi connectivity index (χ2v) is 5.73. The molecule has 0 saturated carbocycles. The highest BCUT2D eigenvalue weighted by molar-refractivity contribution is 7.16. The molecule has 1 heterocycles. The first-order valence-corrected chi connectivity index (χ1v) is 7.05. The van der Waals surface area contributed by atoms with Crippen molar-refractivity contribution >= 4 is 22.2 Å². The Morgan fingerprint density at radius 3 is 2.38 bits per heavy atom. The van der Waals surface area contributed by atoms with E-state index in [1.165, 1.54) is 0 Å². The smallest absolute Gasteiger partial charge is 0.308 e. The van der Waals surface area contributed by atoms with Crippen molar-refractivity contribution < 1.29 is 18.0 Å². The zero-order valence-corrected chi connectivity index (χ0v) is 12.2. The molecule has 1 aromatic heterocycles. The summed E-state index contributed by atoms with van der Waals surface area (Å²) in [4.78, 5) is 15.5. The van der Waals surface area contributed by atoms with Crippen LogP contribution in [0.25, 0.3) is 11.3 Å². The van der Waals surface area contributed by atoms with E-state index >= 15 is 0 Å². The molecule has 0 aliphatic rings. The molecule has 21 heavy (non-hydrogen) atoms. The molecule has 0 atom stereocenters. The summed E-state index contributed by atoms with van der Waals surface area (Å²) in [5, 5.41) is 2.71. The molecular weight excluding hydrogens is 301 g/mol. The zero-order chi connectivity index (χ0) is 15.6. The van der Waals surface area contributed by atoms with E-state index < -0.39 is 12.1 Å². The summed E-state index contributed by atoms with van der Waals surface area (Å²) in [6, 6.07) is 8.80. The molecule has 0 aliphatic heterocycles. The fourth-order valence-corrected chi connectivity index (χ4v) is 2.62. The lowest BCUT2D eigenvalue weighted by molar-refractivity contribution is -0.167. The third-order valence-electron chi connectivity index (χ3n) is 2.67. The summed E-state index contributed by atoms with van der Waals surface area (Å²) in [6.45, 7) is 3.78. The predicted octanol–water partition coefficient (Wildman–Crippen LogP) is 4.43. The Hall–Kier alpha value is -1.89. The van der Waals surface area contributed by atoms with Gasteiger partial charge in [-0.1, -0.05) is 44.2 Å². The van der Waals surface area contributed by atoms with Gasteiger partial charge in [0.15, 0.2) is 0 Å². The molecule has 0 unspecified atom stereocenters. The van der Waals surface area contributed by atoms with Gasteiger partial charge in [-0.05, 0) is 0 Å². The van der Waals surface area contributed by atoms with Crippen LogP contribution in [0.1, 0.15) is 24.8 Å². The number of benzene rings is 1. The number of halogens is 3. The van der Waals surface area contributed by atoms with Crippen LogP contribution >= 0.6 is 11.3 Å². The lowest BCUT2D eigenvalue weighted by Gasteiger charge is -2.07. The third kappa shape index (κ3) is 3.60. The first-order chi connectivity index (χ1) is 9.79. The number of hydrogen-bond donors (Lipinski definition) is 1. The molecule has 2 rings (SSSR count). The predicted molar refractivity (Wildman–Crippen MR) is 76.3 cm³/mol. The van der Waals surface area contributed by atoms with Gasteiger partial charge in [0.2, 0.25) is 0 Å². The topological polar surface area (TPSA) is 42.0 Å². The molecule has 0 aliphatic carbocycles. The van der Waals surface area contributed by atoms with E-state index in [2.05, 4.69) is 4.98 Å². The van der Waals surface area contributed by atoms with Gasteiger partial charge in [-0.15, -0.1) is 11.3 Å². The highest BCUT2D eigenvalue weighted by Gasteiger charge is 2.39. The van der Waals surface area contributed by atoms with Gasteiger partial charge in [0, 0.05) is 11.5 Å². The molecule has 0 radical (unpaired) electrons. The van der Waals surface area contributed by atoms with Crippen LogP contribution in [0.3, 0.4) is 0 Å². The fraction of sp³-hybridized carbons (Fsp3) is 0.286. The van der Waals surface area contributed by atoms with E-state index in [4.69, 9.17) is 0 Å². The lowest BCUT2D eigenvalue weighted by Crippen LogP contribution is -2.29. The van der Waals surface area contributed by atoms with Gasteiger partial charge in [-0.3, -0.25) is 4.79 Å². The minimum absolute atomic E-state index is 0.0639. The summed E-state index contributed by atoms with van der Waals surface area (Å²) >= 11 is 1.06. The summed E-state index contributed by atoms with van der Waals surface area (Å²) in [7, 11) is 0. The number of nitrogens with one attached hydrogen (secondary N) is 1. The van der Waals surface area contributed by atoms with Crippen LogP contribution in [-0.2, 0) is 4.79 Å². The number of thiazole rings is 1. The van der Waals surface area contributed by atoms with Gasteiger partial charge in [0.25, 0.3) is 0 Å². The normalized spacial score (nSPS) is 11.7. The van der Waals surface area contributed by atoms with E-state index in [1.807, 2.05) is 19.2 Å². The van der Waals surface area contributed by atoms with Crippen molar-refractivity contribution in [2.45, 2.75) is 25.9 Å². The van der Waals surface area contributed by atoms with Crippen LogP contribution in [0.4, 0.5) is 18.2 Å². The van der Waals surface area contributed by atoms with E-state index in [9.17, 15) is 18.0 Å². The number of anilines is 1. The number of nitrogens with zero attached hydrogens (tertiary/aromatic N) is 1. The number of carbonyl (C=O) groups excluding carboxylic acids is 1. The number of alkyl halides is 3. The third-order valence-corrected chi connectivity index (χ3v) is 3.94. The number of carbonyl (C=O) groups is 1. The van der Waals surface area contributed by atoms with Crippen molar-refractivity contribution in [3.05, 3.63) is 35.3 Å².